The van der Waals surface area contributed by atoms with Gasteiger partial charge in [0.25, 0.3) is 0 Å². The molecule has 0 aromatic heterocycles. The molecule has 1 N–H and O–H groups in total. The predicted octanol–water partition coefficient (Wildman–Crippen LogP) is 3.42. The van der Waals surface area contributed by atoms with Gasteiger partial charge in [0.05, 0.1) is 0 Å². The maximum absolute atomic E-state index is 13.4. The lowest BCUT2D eigenvalue weighted by molar-refractivity contribution is 0.539. The molecule has 1 atom stereocenters. The van der Waals surface area contributed by atoms with E-state index in [1.54, 1.807) is 18.2 Å². The van der Waals surface area contributed by atoms with Crippen LogP contribution in [0.1, 0.15) is 18.0 Å². The third-order valence-electron chi connectivity index (χ3n) is 2.08. The maximum atomic E-state index is 13.4. The summed E-state index contributed by atoms with van der Waals surface area (Å²) in [6.07, 6.45) is 2.49. The quantitative estimate of drug-likeness (QED) is 0.816. The summed E-state index contributed by atoms with van der Waals surface area (Å²) in [4.78, 5) is 0. The summed E-state index contributed by atoms with van der Waals surface area (Å²) in [5.74, 6) is -0.186. The average Bonchev–Trinajstić information content (AvgIpc) is 2.18. The highest BCUT2D eigenvalue weighted by molar-refractivity contribution is 9.10. The molecule has 14 heavy (non-hydrogen) atoms. The van der Waals surface area contributed by atoms with Crippen molar-refractivity contribution in [2.24, 2.45) is 0 Å². The number of halogens is 2. The van der Waals surface area contributed by atoms with E-state index in [-0.39, 0.29) is 11.9 Å². The molecule has 0 saturated carbocycles. The van der Waals surface area contributed by atoms with E-state index in [2.05, 4.69) is 27.8 Å². The van der Waals surface area contributed by atoms with E-state index in [4.69, 9.17) is 0 Å². The molecule has 3 heteroatoms. The summed E-state index contributed by atoms with van der Waals surface area (Å²) < 4.78 is 14.3. The zero-order valence-electron chi connectivity index (χ0n) is 8.06. The largest absolute Gasteiger partial charge is 0.313 e. The first-order chi connectivity index (χ1) is 6.69. The topological polar surface area (TPSA) is 12.0 Å². The molecule has 76 valence electrons. The number of rotatable bonds is 4. The standard InChI is InChI=1S/C11H13BrFN/c1-3-4-11(14-2)9-7-8(12)5-6-10(9)13/h3,5-7,11,14H,1,4H2,2H3. The first kappa shape index (κ1) is 11.4. The minimum absolute atomic E-state index is 0.00926. The zero-order valence-corrected chi connectivity index (χ0v) is 9.64. The lowest BCUT2D eigenvalue weighted by atomic mass is 10.0. The van der Waals surface area contributed by atoms with Crippen molar-refractivity contribution in [1.82, 2.24) is 5.32 Å². The van der Waals surface area contributed by atoms with Gasteiger partial charge in [-0.25, -0.2) is 4.39 Å². The van der Waals surface area contributed by atoms with Gasteiger partial charge in [-0.3, -0.25) is 0 Å². The Hall–Kier alpha value is -0.670. The fraction of sp³-hybridized carbons (Fsp3) is 0.273. The zero-order chi connectivity index (χ0) is 10.6. The van der Waals surface area contributed by atoms with Gasteiger partial charge < -0.3 is 5.32 Å². The SMILES string of the molecule is C=CCC(NC)c1cc(Br)ccc1F. The van der Waals surface area contributed by atoms with Crippen molar-refractivity contribution in [2.75, 3.05) is 7.05 Å². The monoisotopic (exact) mass is 257 g/mol. The minimum Gasteiger partial charge on any atom is -0.313 e. The molecule has 0 amide bonds. The van der Waals surface area contributed by atoms with Gasteiger partial charge in [0.2, 0.25) is 0 Å². The van der Waals surface area contributed by atoms with E-state index < -0.39 is 0 Å². The molecule has 1 nitrogen and oxygen atoms in total. The Bertz CT molecular complexity index is 325. The molecule has 0 saturated heterocycles. The maximum Gasteiger partial charge on any atom is 0.128 e. The molecular formula is C11H13BrFN. The van der Waals surface area contributed by atoms with E-state index in [9.17, 15) is 4.39 Å². The molecule has 0 spiro atoms. The van der Waals surface area contributed by atoms with Crippen LogP contribution in [0.3, 0.4) is 0 Å². The highest BCUT2D eigenvalue weighted by Gasteiger charge is 2.12. The fourth-order valence-corrected chi connectivity index (χ4v) is 1.73. The van der Waals surface area contributed by atoms with Gasteiger partial charge in [-0.15, -0.1) is 6.58 Å². The normalized spacial score (nSPS) is 12.5. The first-order valence-electron chi connectivity index (χ1n) is 4.42. The van der Waals surface area contributed by atoms with E-state index in [1.165, 1.54) is 6.07 Å². The van der Waals surface area contributed by atoms with Crippen LogP contribution in [-0.4, -0.2) is 7.05 Å². The van der Waals surface area contributed by atoms with E-state index in [1.807, 2.05) is 7.05 Å². The minimum atomic E-state index is -0.186. The Balaban J connectivity index is 3.01. The van der Waals surface area contributed by atoms with Crippen LogP contribution < -0.4 is 5.32 Å². The van der Waals surface area contributed by atoms with Crippen LogP contribution in [0.5, 0.6) is 0 Å². The molecule has 1 aromatic rings. The second kappa shape index (κ2) is 5.27. The average molecular weight is 258 g/mol. The van der Waals surface area contributed by atoms with Gasteiger partial charge in [0, 0.05) is 16.1 Å². The van der Waals surface area contributed by atoms with Gasteiger partial charge in [-0.05, 0) is 31.7 Å². The van der Waals surface area contributed by atoms with Crippen molar-refractivity contribution in [2.45, 2.75) is 12.5 Å². The molecule has 0 fully saturated rings. The number of hydrogen-bond donors (Lipinski definition) is 1. The van der Waals surface area contributed by atoms with Crippen LogP contribution in [0.2, 0.25) is 0 Å². The number of nitrogens with one attached hydrogen (secondary N) is 1. The lowest BCUT2D eigenvalue weighted by Gasteiger charge is -2.15. The second-order valence-electron chi connectivity index (χ2n) is 3.03. The van der Waals surface area contributed by atoms with Gasteiger partial charge >= 0.3 is 0 Å². The van der Waals surface area contributed by atoms with Crippen molar-refractivity contribution in [3.8, 4) is 0 Å². The number of benzene rings is 1. The highest BCUT2D eigenvalue weighted by Crippen LogP contribution is 2.23. The summed E-state index contributed by atoms with van der Waals surface area (Å²) in [7, 11) is 1.81. The summed E-state index contributed by atoms with van der Waals surface area (Å²) >= 11 is 3.32. The van der Waals surface area contributed by atoms with Crippen LogP contribution in [0.25, 0.3) is 0 Å². The summed E-state index contributed by atoms with van der Waals surface area (Å²) in [5, 5.41) is 3.06. The van der Waals surface area contributed by atoms with Crippen molar-refractivity contribution in [3.05, 3.63) is 46.7 Å². The lowest BCUT2D eigenvalue weighted by Crippen LogP contribution is -2.16. The Morgan fingerprint density at radius 2 is 2.36 bits per heavy atom. The summed E-state index contributed by atoms with van der Waals surface area (Å²) in [6.45, 7) is 3.65. The van der Waals surface area contributed by atoms with Crippen LogP contribution >= 0.6 is 15.9 Å². The molecule has 1 aromatic carbocycles. The molecule has 0 radical (unpaired) electrons. The Morgan fingerprint density at radius 1 is 1.64 bits per heavy atom. The van der Waals surface area contributed by atoms with Crippen molar-refractivity contribution in [3.63, 3.8) is 0 Å². The third-order valence-corrected chi connectivity index (χ3v) is 2.58. The van der Waals surface area contributed by atoms with Crippen LogP contribution in [0, 0.1) is 5.82 Å². The Kier molecular flexibility index (Phi) is 4.29. The molecular weight excluding hydrogens is 245 g/mol. The highest BCUT2D eigenvalue weighted by atomic mass is 79.9. The summed E-state index contributed by atoms with van der Waals surface area (Å²) in [6, 6.07) is 4.94. The van der Waals surface area contributed by atoms with Gasteiger partial charge in [0.1, 0.15) is 5.82 Å². The van der Waals surface area contributed by atoms with Gasteiger partial charge in [-0.1, -0.05) is 22.0 Å². The van der Waals surface area contributed by atoms with Crippen molar-refractivity contribution < 1.29 is 4.39 Å². The van der Waals surface area contributed by atoms with Crippen molar-refractivity contribution >= 4 is 15.9 Å². The molecule has 0 bridgehead atoms. The molecule has 0 aliphatic carbocycles. The molecule has 1 unspecified atom stereocenters. The third kappa shape index (κ3) is 2.66. The van der Waals surface area contributed by atoms with Gasteiger partial charge in [-0.2, -0.15) is 0 Å². The predicted molar refractivity (Wildman–Crippen MR) is 60.7 cm³/mol. The molecule has 0 aliphatic rings. The molecule has 0 heterocycles. The molecule has 0 aliphatic heterocycles. The summed E-state index contributed by atoms with van der Waals surface area (Å²) in [5.41, 5.74) is 0.668. The van der Waals surface area contributed by atoms with Crippen molar-refractivity contribution in [1.29, 1.82) is 0 Å². The fourth-order valence-electron chi connectivity index (χ4n) is 1.35. The van der Waals surface area contributed by atoms with E-state index in [0.717, 1.165) is 4.47 Å². The van der Waals surface area contributed by atoms with Gasteiger partial charge in [0.15, 0.2) is 0 Å². The Morgan fingerprint density at radius 3 is 2.93 bits per heavy atom. The first-order valence-corrected chi connectivity index (χ1v) is 5.21. The number of hydrogen-bond acceptors (Lipinski definition) is 1. The van der Waals surface area contributed by atoms with E-state index >= 15 is 0 Å². The smallest absolute Gasteiger partial charge is 0.128 e. The Labute approximate surface area is 92.1 Å². The van der Waals surface area contributed by atoms with Crippen LogP contribution in [-0.2, 0) is 0 Å². The van der Waals surface area contributed by atoms with Crippen LogP contribution in [0.4, 0.5) is 4.39 Å². The van der Waals surface area contributed by atoms with E-state index in [0.29, 0.717) is 12.0 Å². The molecule has 1 rings (SSSR count). The second-order valence-corrected chi connectivity index (χ2v) is 3.95. The van der Waals surface area contributed by atoms with Crippen LogP contribution in [0.15, 0.2) is 35.3 Å².